The molecule has 0 fully saturated rings. The van der Waals surface area contributed by atoms with E-state index in [0.717, 1.165) is 11.8 Å². The number of aliphatic imine (C=N–C) groups is 1. The molecule has 0 atom stereocenters. The quantitative estimate of drug-likeness (QED) is 0.823. The van der Waals surface area contributed by atoms with Crippen LogP contribution >= 0.6 is 11.8 Å². The van der Waals surface area contributed by atoms with E-state index in [1.165, 1.54) is 6.92 Å². The van der Waals surface area contributed by atoms with E-state index in [1.807, 2.05) is 0 Å². The van der Waals surface area contributed by atoms with Crippen molar-refractivity contribution in [3.05, 3.63) is 36.5 Å². The van der Waals surface area contributed by atoms with Gasteiger partial charge in [-0.1, -0.05) is 18.3 Å². The highest BCUT2D eigenvalue weighted by Gasteiger charge is 2.14. The molecule has 1 aliphatic heterocycles. The summed E-state index contributed by atoms with van der Waals surface area (Å²) in [5.41, 5.74) is 1.19. The number of hydrogen-bond acceptors (Lipinski definition) is 6. The molecule has 1 heterocycles. The molecule has 1 aliphatic rings. The summed E-state index contributed by atoms with van der Waals surface area (Å²) in [7, 11) is 0. The Bertz CT molecular complexity index is 724. The van der Waals surface area contributed by atoms with Gasteiger partial charge in [0.15, 0.2) is 0 Å². The van der Waals surface area contributed by atoms with Crippen LogP contribution in [0.1, 0.15) is 6.92 Å². The number of amidine groups is 1. The molecule has 0 saturated heterocycles. The molecule has 1 aromatic carbocycles. The zero-order chi connectivity index (χ0) is 16.8. The van der Waals surface area contributed by atoms with Crippen molar-refractivity contribution < 1.29 is 14.4 Å². The summed E-state index contributed by atoms with van der Waals surface area (Å²) in [6.07, 6.45) is 0. The van der Waals surface area contributed by atoms with E-state index in [-0.39, 0.29) is 28.4 Å². The van der Waals surface area contributed by atoms with E-state index in [0.29, 0.717) is 11.4 Å². The molecule has 23 heavy (non-hydrogen) atoms. The Morgan fingerprint density at radius 1 is 1.13 bits per heavy atom. The van der Waals surface area contributed by atoms with Crippen LogP contribution in [0.2, 0.25) is 0 Å². The molecule has 3 amide bonds. The van der Waals surface area contributed by atoms with E-state index in [2.05, 4.69) is 32.4 Å². The normalized spacial score (nSPS) is 13.5. The molecule has 0 aliphatic carbocycles. The topological polar surface area (TPSA) is 112 Å². The Labute approximate surface area is 136 Å². The Balaban J connectivity index is 1.84. The van der Waals surface area contributed by atoms with Crippen molar-refractivity contribution in [3.8, 4) is 0 Å². The van der Waals surface area contributed by atoms with Crippen molar-refractivity contribution in [2.24, 2.45) is 15.2 Å². The zero-order valence-corrected chi connectivity index (χ0v) is 13.0. The molecule has 0 radical (unpaired) electrons. The number of benzene rings is 1. The maximum atomic E-state index is 11.8. The minimum Gasteiger partial charge on any atom is -0.326 e. The fraction of sp³-hybridized carbons (Fsp3) is 0.143. The summed E-state index contributed by atoms with van der Waals surface area (Å²) in [6.45, 7) is 4.79. The molecule has 9 heteroatoms. The molecule has 1 aromatic rings. The van der Waals surface area contributed by atoms with Gasteiger partial charge in [0.05, 0.1) is 5.75 Å². The molecule has 2 N–H and O–H groups in total. The van der Waals surface area contributed by atoms with Crippen LogP contribution < -0.4 is 10.6 Å². The number of amides is 3. The van der Waals surface area contributed by atoms with E-state index in [4.69, 9.17) is 0 Å². The lowest BCUT2D eigenvalue weighted by molar-refractivity contribution is -0.115. The van der Waals surface area contributed by atoms with Crippen molar-refractivity contribution in [2.75, 3.05) is 16.4 Å². The fourth-order valence-corrected chi connectivity index (χ4v) is 2.13. The van der Waals surface area contributed by atoms with E-state index in [1.54, 1.807) is 24.3 Å². The van der Waals surface area contributed by atoms with Crippen LogP contribution in [-0.4, -0.2) is 28.6 Å². The lowest BCUT2D eigenvalue weighted by atomic mass is 10.3. The lowest BCUT2D eigenvalue weighted by Crippen LogP contribution is -2.16. The number of hydrogen-bond donors (Lipinski definition) is 2. The second kappa shape index (κ2) is 7.45. The predicted molar refractivity (Wildman–Crippen MR) is 88.3 cm³/mol. The highest BCUT2D eigenvalue weighted by molar-refractivity contribution is 8.14. The van der Waals surface area contributed by atoms with Crippen molar-refractivity contribution in [2.45, 2.75) is 6.92 Å². The van der Waals surface area contributed by atoms with Gasteiger partial charge in [0.25, 0.3) is 5.91 Å². The summed E-state index contributed by atoms with van der Waals surface area (Å²) in [4.78, 5) is 37.7. The minimum atomic E-state index is -0.559. The minimum absolute atomic E-state index is 0.0296. The fourth-order valence-electron chi connectivity index (χ4n) is 1.55. The molecule has 0 saturated carbocycles. The van der Waals surface area contributed by atoms with Crippen LogP contribution in [0, 0.1) is 0 Å². The lowest BCUT2D eigenvalue weighted by Gasteiger charge is -2.07. The molecule has 8 nitrogen and oxygen atoms in total. The van der Waals surface area contributed by atoms with Gasteiger partial charge in [-0.05, 0) is 24.3 Å². The first-order valence-corrected chi connectivity index (χ1v) is 7.46. The predicted octanol–water partition coefficient (Wildman–Crippen LogP) is 2.18. The third-order valence-corrected chi connectivity index (χ3v) is 3.36. The Morgan fingerprint density at radius 3 is 2.30 bits per heavy atom. The number of anilines is 2. The largest absolute Gasteiger partial charge is 0.326 e. The van der Waals surface area contributed by atoms with Crippen LogP contribution in [0.15, 0.2) is 51.8 Å². The smallest absolute Gasteiger partial charge is 0.299 e. The van der Waals surface area contributed by atoms with Gasteiger partial charge in [-0.15, -0.1) is 10.2 Å². The molecule has 2 rings (SSSR count). The monoisotopic (exact) mass is 331 g/mol. The first-order valence-electron chi connectivity index (χ1n) is 6.48. The third kappa shape index (κ3) is 5.15. The van der Waals surface area contributed by atoms with Crippen LogP contribution in [0.25, 0.3) is 0 Å². The van der Waals surface area contributed by atoms with Gasteiger partial charge in [-0.25, -0.2) is 0 Å². The molecule has 0 spiro atoms. The number of carbonyl (C=O) groups excluding carboxylic acids is 3. The maximum Gasteiger partial charge on any atom is 0.299 e. The number of carbonyl (C=O) groups is 3. The number of azo groups is 1. The van der Waals surface area contributed by atoms with Gasteiger partial charge in [0, 0.05) is 18.3 Å². The SMILES string of the molecule is C=C1N=NC(SCC(=O)Nc2ccc(NC(C)=O)cc2)=NC1=O. The van der Waals surface area contributed by atoms with Gasteiger partial charge in [-0.3, -0.25) is 14.4 Å². The van der Waals surface area contributed by atoms with Gasteiger partial charge in [0.2, 0.25) is 17.0 Å². The van der Waals surface area contributed by atoms with Crippen molar-refractivity contribution in [1.82, 2.24) is 0 Å². The number of rotatable bonds is 4. The Hall–Kier alpha value is -2.81. The molecule has 0 aromatic heterocycles. The second-order valence-electron chi connectivity index (χ2n) is 4.44. The summed E-state index contributed by atoms with van der Waals surface area (Å²) in [5.74, 6) is -0.975. The summed E-state index contributed by atoms with van der Waals surface area (Å²) >= 11 is 1.00. The van der Waals surface area contributed by atoms with Crippen LogP contribution in [0.3, 0.4) is 0 Å². The van der Waals surface area contributed by atoms with Gasteiger partial charge >= 0.3 is 0 Å². The molecular weight excluding hydrogens is 318 g/mol. The average Bonchev–Trinajstić information content (AvgIpc) is 2.50. The molecule has 118 valence electrons. The average molecular weight is 331 g/mol. The maximum absolute atomic E-state index is 11.8. The highest BCUT2D eigenvalue weighted by atomic mass is 32.2. The third-order valence-electron chi connectivity index (χ3n) is 2.52. The standard InChI is InChI=1S/C14H13N5O3S/c1-8-13(22)17-14(19-18-8)23-7-12(21)16-11-5-3-10(4-6-11)15-9(2)20/h3-6H,1,7H2,2H3,(H,15,20)(H,16,21). The van der Waals surface area contributed by atoms with Crippen LogP contribution in [0.4, 0.5) is 11.4 Å². The number of nitrogens with one attached hydrogen (secondary N) is 2. The Kier molecular flexibility index (Phi) is 5.36. The summed E-state index contributed by atoms with van der Waals surface area (Å²) in [5, 5.41) is 12.7. The van der Waals surface area contributed by atoms with Gasteiger partial charge < -0.3 is 10.6 Å². The van der Waals surface area contributed by atoms with E-state index in [9.17, 15) is 14.4 Å². The van der Waals surface area contributed by atoms with E-state index >= 15 is 0 Å². The van der Waals surface area contributed by atoms with Gasteiger partial charge in [0.1, 0.15) is 5.70 Å². The molecule has 0 bridgehead atoms. The Morgan fingerprint density at radius 2 is 1.74 bits per heavy atom. The summed E-state index contributed by atoms with van der Waals surface area (Å²) in [6, 6.07) is 6.68. The van der Waals surface area contributed by atoms with Crippen molar-refractivity contribution >= 4 is 46.0 Å². The molecule has 0 unspecified atom stereocenters. The van der Waals surface area contributed by atoms with E-state index < -0.39 is 5.91 Å². The first kappa shape index (κ1) is 16.6. The highest BCUT2D eigenvalue weighted by Crippen LogP contribution is 2.16. The number of thioether (sulfide) groups is 1. The number of nitrogens with zero attached hydrogens (tertiary/aromatic N) is 3. The molecular formula is C14H13N5O3S. The second-order valence-corrected chi connectivity index (χ2v) is 5.38. The summed E-state index contributed by atoms with van der Waals surface area (Å²) < 4.78 is 0. The van der Waals surface area contributed by atoms with Crippen LogP contribution in [0.5, 0.6) is 0 Å². The first-order chi connectivity index (χ1) is 10.9. The zero-order valence-electron chi connectivity index (χ0n) is 12.2. The van der Waals surface area contributed by atoms with Crippen molar-refractivity contribution in [3.63, 3.8) is 0 Å². The van der Waals surface area contributed by atoms with Gasteiger partial charge in [-0.2, -0.15) is 4.99 Å². The van der Waals surface area contributed by atoms with Crippen LogP contribution in [-0.2, 0) is 14.4 Å². The van der Waals surface area contributed by atoms with Crippen molar-refractivity contribution in [1.29, 1.82) is 0 Å².